The van der Waals surface area contributed by atoms with E-state index >= 15 is 0 Å². The van der Waals surface area contributed by atoms with Gasteiger partial charge >= 0.3 is 0 Å². The molecular formula is C13H19BrClN3O2S. The number of likely N-dealkylation sites (tertiary alicyclic amines) is 1. The number of rotatable bonds is 5. The van der Waals surface area contributed by atoms with E-state index in [-0.39, 0.29) is 4.90 Å². The fraction of sp³-hybridized carbons (Fsp3) is 0.538. The first-order valence-electron chi connectivity index (χ1n) is 6.87. The number of nitrogens with zero attached hydrogens (tertiary/aromatic N) is 1. The standard InChI is InChI=1S/C13H19BrClN3O2S/c14-13-11(16)8-10(15)9-12(13)21(19,20)17-4-7-18-5-2-1-3-6-18/h8-9,17H,1-7,16H2. The molecule has 2 rings (SSSR count). The van der Waals surface area contributed by atoms with Crippen LogP contribution >= 0.6 is 27.5 Å². The first kappa shape index (κ1) is 17.0. The molecule has 1 aromatic carbocycles. The Balaban J connectivity index is 2.01. The monoisotopic (exact) mass is 395 g/mol. The Morgan fingerprint density at radius 2 is 1.95 bits per heavy atom. The second-order valence-electron chi connectivity index (χ2n) is 5.11. The number of nitrogen functional groups attached to an aromatic ring is 1. The Morgan fingerprint density at radius 1 is 1.29 bits per heavy atom. The third-order valence-electron chi connectivity index (χ3n) is 3.49. The van der Waals surface area contributed by atoms with Crippen LogP contribution in [0.1, 0.15) is 19.3 Å². The first-order valence-corrected chi connectivity index (χ1v) is 9.52. The van der Waals surface area contributed by atoms with Gasteiger partial charge in [0.15, 0.2) is 0 Å². The molecule has 3 N–H and O–H groups in total. The minimum Gasteiger partial charge on any atom is -0.398 e. The van der Waals surface area contributed by atoms with Gasteiger partial charge in [0, 0.05) is 23.8 Å². The van der Waals surface area contributed by atoms with Crippen LogP contribution in [0, 0.1) is 0 Å². The summed E-state index contributed by atoms with van der Waals surface area (Å²) in [6.07, 6.45) is 3.63. The van der Waals surface area contributed by atoms with E-state index in [4.69, 9.17) is 17.3 Å². The zero-order valence-electron chi connectivity index (χ0n) is 11.6. The van der Waals surface area contributed by atoms with Crippen LogP contribution in [0.5, 0.6) is 0 Å². The molecule has 1 heterocycles. The number of hydrogen-bond donors (Lipinski definition) is 2. The molecule has 0 aliphatic carbocycles. The lowest BCUT2D eigenvalue weighted by atomic mass is 10.1. The SMILES string of the molecule is Nc1cc(Cl)cc(S(=O)(=O)NCCN2CCCCC2)c1Br. The van der Waals surface area contributed by atoms with Gasteiger partial charge in [0.25, 0.3) is 0 Å². The Morgan fingerprint density at radius 3 is 2.62 bits per heavy atom. The molecular weight excluding hydrogens is 378 g/mol. The molecule has 1 saturated heterocycles. The number of halogens is 2. The van der Waals surface area contributed by atoms with E-state index in [9.17, 15) is 8.42 Å². The van der Waals surface area contributed by atoms with Gasteiger partial charge in [0.1, 0.15) is 0 Å². The van der Waals surface area contributed by atoms with Gasteiger partial charge in [0.05, 0.1) is 9.37 Å². The molecule has 0 spiro atoms. The van der Waals surface area contributed by atoms with Crippen molar-refractivity contribution >= 4 is 43.2 Å². The summed E-state index contributed by atoms with van der Waals surface area (Å²) < 4.78 is 27.6. The van der Waals surface area contributed by atoms with Crippen molar-refractivity contribution in [3.63, 3.8) is 0 Å². The number of benzene rings is 1. The predicted molar refractivity (Wildman–Crippen MR) is 89.0 cm³/mol. The maximum atomic E-state index is 12.3. The van der Waals surface area contributed by atoms with Gasteiger partial charge in [-0.05, 0) is 54.0 Å². The van der Waals surface area contributed by atoms with Crippen LogP contribution in [0.4, 0.5) is 5.69 Å². The Kier molecular flexibility index (Phi) is 5.90. The molecule has 0 bridgehead atoms. The molecule has 21 heavy (non-hydrogen) atoms. The highest BCUT2D eigenvalue weighted by atomic mass is 79.9. The largest absolute Gasteiger partial charge is 0.398 e. The van der Waals surface area contributed by atoms with Gasteiger partial charge in [-0.2, -0.15) is 0 Å². The van der Waals surface area contributed by atoms with Crippen LogP contribution in [0.15, 0.2) is 21.5 Å². The number of sulfonamides is 1. The molecule has 0 amide bonds. The van der Waals surface area contributed by atoms with E-state index in [0.717, 1.165) is 13.1 Å². The summed E-state index contributed by atoms with van der Waals surface area (Å²) >= 11 is 9.09. The lowest BCUT2D eigenvalue weighted by Gasteiger charge is -2.26. The van der Waals surface area contributed by atoms with Crippen molar-refractivity contribution in [2.45, 2.75) is 24.2 Å². The van der Waals surface area contributed by atoms with Crippen molar-refractivity contribution in [2.75, 3.05) is 31.9 Å². The van der Waals surface area contributed by atoms with Crippen LogP contribution in [0.3, 0.4) is 0 Å². The minimum absolute atomic E-state index is 0.0751. The van der Waals surface area contributed by atoms with Crippen molar-refractivity contribution in [3.8, 4) is 0 Å². The number of nitrogens with two attached hydrogens (primary N) is 1. The maximum Gasteiger partial charge on any atom is 0.241 e. The third kappa shape index (κ3) is 4.56. The molecule has 0 atom stereocenters. The van der Waals surface area contributed by atoms with E-state index in [1.54, 1.807) is 0 Å². The highest BCUT2D eigenvalue weighted by molar-refractivity contribution is 9.10. The van der Waals surface area contributed by atoms with E-state index < -0.39 is 10.0 Å². The average Bonchev–Trinajstić information content (AvgIpc) is 2.43. The van der Waals surface area contributed by atoms with Crippen LogP contribution in [-0.4, -0.2) is 39.5 Å². The first-order chi connectivity index (χ1) is 9.90. The van der Waals surface area contributed by atoms with Gasteiger partial charge < -0.3 is 10.6 Å². The van der Waals surface area contributed by atoms with Gasteiger partial charge in [-0.3, -0.25) is 0 Å². The zero-order valence-corrected chi connectivity index (χ0v) is 14.8. The number of anilines is 1. The van der Waals surface area contributed by atoms with Gasteiger partial charge in [0.2, 0.25) is 10.0 Å². The molecule has 8 heteroatoms. The van der Waals surface area contributed by atoms with Crippen LogP contribution in [-0.2, 0) is 10.0 Å². The van der Waals surface area contributed by atoms with Gasteiger partial charge in [-0.1, -0.05) is 18.0 Å². The molecule has 1 aliphatic rings. The average molecular weight is 397 g/mol. The predicted octanol–water partition coefficient (Wildman–Crippen LogP) is 2.45. The summed E-state index contributed by atoms with van der Waals surface area (Å²) in [5, 5.41) is 0.298. The second-order valence-corrected chi connectivity index (χ2v) is 8.07. The molecule has 0 radical (unpaired) electrons. The van der Waals surface area contributed by atoms with Crippen molar-refractivity contribution in [1.29, 1.82) is 0 Å². The van der Waals surface area contributed by atoms with Gasteiger partial charge in [-0.15, -0.1) is 0 Å². The molecule has 1 aliphatic heterocycles. The number of nitrogens with one attached hydrogen (secondary N) is 1. The Hall–Kier alpha value is -0.340. The lowest BCUT2D eigenvalue weighted by molar-refractivity contribution is 0.233. The Labute approximate surface area is 139 Å². The van der Waals surface area contributed by atoms with E-state index in [1.807, 2.05) is 0 Å². The zero-order chi connectivity index (χ0) is 15.5. The van der Waals surface area contributed by atoms with E-state index in [1.165, 1.54) is 31.4 Å². The van der Waals surface area contributed by atoms with Gasteiger partial charge in [-0.25, -0.2) is 13.1 Å². The highest BCUT2D eigenvalue weighted by Crippen LogP contribution is 2.31. The molecule has 5 nitrogen and oxygen atoms in total. The lowest BCUT2D eigenvalue weighted by Crippen LogP contribution is -2.37. The van der Waals surface area contributed by atoms with E-state index in [2.05, 4.69) is 25.6 Å². The fourth-order valence-corrected chi connectivity index (χ4v) is 4.69. The molecule has 1 aromatic rings. The molecule has 0 unspecified atom stereocenters. The van der Waals surface area contributed by atoms with Crippen LogP contribution in [0.25, 0.3) is 0 Å². The quantitative estimate of drug-likeness (QED) is 0.750. The molecule has 118 valence electrons. The van der Waals surface area contributed by atoms with Crippen LogP contribution < -0.4 is 10.5 Å². The minimum atomic E-state index is -3.62. The smallest absolute Gasteiger partial charge is 0.241 e. The summed E-state index contributed by atoms with van der Waals surface area (Å²) in [4.78, 5) is 2.35. The van der Waals surface area contributed by atoms with Crippen molar-refractivity contribution in [2.24, 2.45) is 0 Å². The molecule has 0 aromatic heterocycles. The van der Waals surface area contributed by atoms with Crippen molar-refractivity contribution < 1.29 is 8.42 Å². The normalized spacial score (nSPS) is 17.0. The number of piperidine rings is 1. The second kappa shape index (κ2) is 7.28. The summed E-state index contributed by atoms with van der Waals surface area (Å²) in [6.45, 7) is 3.17. The van der Waals surface area contributed by atoms with Crippen molar-refractivity contribution in [1.82, 2.24) is 9.62 Å². The number of hydrogen-bond acceptors (Lipinski definition) is 4. The van der Waals surface area contributed by atoms with Crippen LogP contribution in [0.2, 0.25) is 5.02 Å². The summed E-state index contributed by atoms with van der Waals surface area (Å²) in [6, 6.07) is 2.91. The molecule has 1 fully saturated rings. The topological polar surface area (TPSA) is 75.4 Å². The summed E-state index contributed by atoms with van der Waals surface area (Å²) in [5.74, 6) is 0. The third-order valence-corrected chi connectivity index (χ3v) is 6.34. The Bertz CT molecular complexity index is 604. The summed E-state index contributed by atoms with van der Waals surface area (Å²) in [5.41, 5.74) is 6.04. The fourth-order valence-electron chi connectivity index (χ4n) is 2.38. The highest BCUT2D eigenvalue weighted by Gasteiger charge is 2.20. The van der Waals surface area contributed by atoms with E-state index in [0.29, 0.717) is 28.3 Å². The molecule has 0 saturated carbocycles. The summed E-state index contributed by atoms with van der Waals surface area (Å²) in [7, 11) is -3.62. The van der Waals surface area contributed by atoms with Crippen molar-refractivity contribution in [3.05, 3.63) is 21.6 Å². The maximum absolute atomic E-state index is 12.3.